The van der Waals surface area contributed by atoms with E-state index in [1.165, 1.54) is 53.7 Å². The Bertz CT molecular complexity index is 1570. The summed E-state index contributed by atoms with van der Waals surface area (Å²) in [5.74, 6) is -2.21. The molecule has 3 aromatic rings. The SMILES string of the molecule is CN(C(=O)CNN1C(=O)/C(=C/c2cc(-c3cc(C(F)(F)F)cc(C(F)(F)F)c3)cs2)SC1=S)c1ccc(C(=O)O)cc1. The van der Waals surface area contributed by atoms with Crippen molar-refractivity contribution in [3.8, 4) is 11.1 Å². The lowest BCUT2D eigenvalue weighted by atomic mass is 10.0. The van der Waals surface area contributed by atoms with Gasteiger partial charge in [-0.3, -0.25) is 9.59 Å². The molecule has 2 N–H and O–H groups in total. The average Bonchev–Trinajstić information content (AvgIpc) is 3.49. The number of benzene rings is 2. The van der Waals surface area contributed by atoms with Gasteiger partial charge in [0.25, 0.3) is 5.91 Å². The summed E-state index contributed by atoms with van der Waals surface area (Å²) in [5.41, 5.74) is 0.0165. The second-order valence-electron chi connectivity index (χ2n) is 8.69. The van der Waals surface area contributed by atoms with E-state index in [1.54, 1.807) is 0 Å². The number of alkyl halides is 6. The van der Waals surface area contributed by atoms with Gasteiger partial charge in [0.05, 0.1) is 28.1 Å². The third kappa shape index (κ3) is 7.00. The van der Waals surface area contributed by atoms with Crippen LogP contribution in [-0.2, 0) is 21.9 Å². The maximum atomic E-state index is 13.2. The number of anilines is 1. The van der Waals surface area contributed by atoms with Gasteiger partial charge >= 0.3 is 18.3 Å². The zero-order valence-electron chi connectivity index (χ0n) is 21.0. The Balaban J connectivity index is 1.47. The van der Waals surface area contributed by atoms with Gasteiger partial charge in [-0.25, -0.2) is 15.2 Å². The summed E-state index contributed by atoms with van der Waals surface area (Å²) in [5, 5.41) is 11.3. The van der Waals surface area contributed by atoms with E-state index in [0.29, 0.717) is 22.7 Å². The van der Waals surface area contributed by atoms with E-state index in [2.05, 4.69) is 5.43 Å². The van der Waals surface area contributed by atoms with E-state index >= 15 is 0 Å². The first-order valence-electron chi connectivity index (χ1n) is 11.5. The van der Waals surface area contributed by atoms with Crippen LogP contribution in [0.3, 0.4) is 0 Å². The molecule has 4 rings (SSSR count). The van der Waals surface area contributed by atoms with Crippen LogP contribution in [0.2, 0.25) is 0 Å². The predicted molar refractivity (Wildman–Crippen MR) is 150 cm³/mol. The molecule has 16 heteroatoms. The van der Waals surface area contributed by atoms with E-state index in [1.807, 2.05) is 0 Å². The van der Waals surface area contributed by atoms with E-state index in [4.69, 9.17) is 17.3 Å². The molecule has 2 heterocycles. The molecule has 2 amide bonds. The lowest BCUT2D eigenvalue weighted by Crippen LogP contribution is -2.46. The molecule has 0 spiro atoms. The lowest BCUT2D eigenvalue weighted by Gasteiger charge is -2.20. The minimum Gasteiger partial charge on any atom is -0.478 e. The first kappa shape index (κ1) is 31.2. The molecule has 1 fully saturated rings. The molecular weight excluding hydrogens is 628 g/mol. The number of halogens is 6. The second kappa shape index (κ2) is 11.9. The van der Waals surface area contributed by atoms with Crippen LogP contribution in [0.15, 0.2) is 58.8 Å². The third-order valence-electron chi connectivity index (χ3n) is 5.87. The van der Waals surface area contributed by atoms with E-state index in [0.717, 1.165) is 28.1 Å². The Morgan fingerprint density at radius 2 is 1.60 bits per heavy atom. The maximum Gasteiger partial charge on any atom is 0.416 e. The number of hydrogen-bond acceptors (Lipinski definition) is 7. The number of carbonyl (C=O) groups is 3. The second-order valence-corrected chi connectivity index (χ2v) is 11.3. The number of thiophene rings is 1. The summed E-state index contributed by atoms with van der Waals surface area (Å²) in [6.45, 7) is -0.350. The van der Waals surface area contributed by atoms with Gasteiger partial charge in [-0.05, 0) is 71.1 Å². The molecule has 0 bridgehead atoms. The molecule has 0 unspecified atom stereocenters. The van der Waals surface area contributed by atoms with Crippen molar-refractivity contribution in [2.75, 3.05) is 18.5 Å². The number of nitrogens with zero attached hydrogens (tertiary/aromatic N) is 2. The summed E-state index contributed by atoms with van der Waals surface area (Å²) in [6.07, 6.45) is -8.58. The quantitative estimate of drug-likeness (QED) is 0.172. The van der Waals surface area contributed by atoms with Gasteiger partial charge in [0.2, 0.25) is 5.91 Å². The van der Waals surface area contributed by atoms with Gasteiger partial charge in [0, 0.05) is 17.6 Å². The fraction of sp³-hybridized carbons (Fsp3) is 0.154. The van der Waals surface area contributed by atoms with Crippen molar-refractivity contribution in [2.45, 2.75) is 12.4 Å². The standard InChI is InChI=1S/C26H17F6N3O4S3/c1-34(18-4-2-13(3-5-18)23(38)39)21(36)11-33-35-22(37)20(42-24(35)40)10-19-8-15(12-41-19)14-6-16(25(27,28)29)9-17(7-14)26(30,31)32/h2-10,12,33H,11H2,1H3,(H,38,39)/b20-10-. The Hall–Kier alpha value is -3.73. The van der Waals surface area contributed by atoms with Crippen molar-refractivity contribution in [3.05, 3.63) is 80.4 Å². The molecule has 7 nitrogen and oxygen atoms in total. The van der Waals surface area contributed by atoms with Crippen LogP contribution in [0.25, 0.3) is 17.2 Å². The minimum atomic E-state index is -4.99. The summed E-state index contributed by atoms with van der Waals surface area (Å²) in [4.78, 5) is 38.3. The number of rotatable bonds is 7. The average molecular weight is 646 g/mol. The first-order valence-corrected chi connectivity index (χ1v) is 13.6. The highest BCUT2D eigenvalue weighted by Gasteiger charge is 2.37. The van der Waals surface area contributed by atoms with Crippen LogP contribution in [0.5, 0.6) is 0 Å². The third-order valence-corrected chi connectivity index (χ3v) is 8.05. The van der Waals surface area contributed by atoms with Crippen molar-refractivity contribution in [3.63, 3.8) is 0 Å². The fourth-order valence-corrected chi connectivity index (χ4v) is 5.80. The number of carboxylic acids is 1. The van der Waals surface area contributed by atoms with Gasteiger partial charge in [0.15, 0.2) is 4.32 Å². The van der Waals surface area contributed by atoms with Crippen molar-refractivity contribution >= 4 is 69.2 Å². The number of carbonyl (C=O) groups excluding carboxylic acids is 2. The highest BCUT2D eigenvalue weighted by Crippen LogP contribution is 2.40. The molecular formula is C26H17F6N3O4S3. The highest BCUT2D eigenvalue weighted by molar-refractivity contribution is 8.26. The largest absolute Gasteiger partial charge is 0.478 e. The van der Waals surface area contributed by atoms with Gasteiger partial charge < -0.3 is 10.0 Å². The predicted octanol–water partition coefficient (Wildman–Crippen LogP) is 6.52. The normalized spacial score (nSPS) is 15.0. The molecule has 42 heavy (non-hydrogen) atoms. The van der Waals surface area contributed by atoms with E-state index < -0.39 is 41.3 Å². The summed E-state index contributed by atoms with van der Waals surface area (Å²) in [6, 6.07) is 8.21. The molecule has 0 saturated carbocycles. The summed E-state index contributed by atoms with van der Waals surface area (Å²) in [7, 11) is 1.46. The topological polar surface area (TPSA) is 90.0 Å². The number of carboxylic acid groups (broad SMARTS) is 1. The van der Waals surface area contributed by atoms with Crippen LogP contribution >= 0.6 is 35.3 Å². The highest BCUT2D eigenvalue weighted by atomic mass is 32.2. The number of thioether (sulfide) groups is 1. The van der Waals surface area contributed by atoms with Gasteiger partial charge in [-0.15, -0.1) is 11.3 Å². The molecule has 1 aliphatic heterocycles. The van der Waals surface area contributed by atoms with Crippen LogP contribution < -0.4 is 10.3 Å². The summed E-state index contributed by atoms with van der Waals surface area (Å²) < 4.78 is 79.6. The molecule has 1 aliphatic rings. The van der Waals surface area contributed by atoms with Crippen LogP contribution in [-0.4, -0.2) is 45.8 Å². The number of nitrogens with one attached hydrogen (secondary N) is 1. The number of aromatic carboxylic acids is 1. The summed E-state index contributed by atoms with van der Waals surface area (Å²) >= 11 is 7.11. The Labute approximate surface area is 247 Å². The fourth-order valence-electron chi connectivity index (χ4n) is 3.67. The number of hydrazine groups is 1. The number of likely N-dealkylation sites (N-methyl/N-ethyl adjacent to an activating group) is 1. The monoisotopic (exact) mass is 645 g/mol. The molecule has 220 valence electrons. The van der Waals surface area contributed by atoms with Crippen molar-refractivity contribution < 1.29 is 45.8 Å². The molecule has 2 aromatic carbocycles. The number of amides is 2. The zero-order chi connectivity index (χ0) is 31.0. The van der Waals surface area contributed by atoms with Crippen LogP contribution in [0.1, 0.15) is 26.4 Å². The van der Waals surface area contributed by atoms with Crippen molar-refractivity contribution in [1.82, 2.24) is 10.4 Å². The lowest BCUT2D eigenvalue weighted by molar-refractivity contribution is -0.143. The molecule has 0 radical (unpaired) electrons. The Kier molecular flexibility index (Phi) is 8.82. The smallest absolute Gasteiger partial charge is 0.416 e. The van der Waals surface area contributed by atoms with Crippen LogP contribution in [0.4, 0.5) is 32.0 Å². The first-order chi connectivity index (χ1) is 19.5. The van der Waals surface area contributed by atoms with Gasteiger partial charge in [-0.2, -0.15) is 26.3 Å². The number of thiocarbonyl (C=S) groups is 1. The van der Waals surface area contributed by atoms with Crippen molar-refractivity contribution in [1.29, 1.82) is 0 Å². The Morgan fingerprint density at radius 1 is 1.00 bits per heavy atom. The van der Waals surface area contributed by atoms with E-state index in [-0.39, 0.29) is 38.5 Å². The molecule has 1 saturated heterocycles. The minimum absolute atomic E-state index is 0.0424. The van der Waals surface area contributed by atoms with Gasteiger partial charge in [0.1, 0.15) is 0 Å². The Morgan fingerprint density at radius 3 is 2.14 bits per heavy atom. The number of hydrogen-bond donors (Lipinski definition) is 2. The maximum absolute atomic E-state index is 13.2. The van der Waals surface area contributed by atoms with E-state index in [9.17, 15) is 40.7 Å². The van der Waals surface area contributed by atoms with Gasteiger partial charge in [-0.1, -0.05) is 24.0 Å². The zero-order valence-corrected chi connectivity index (χ0v) is 23.5. The molecule has 0 atom stereocenters. The molecule has 1 aromatic heterocycles. The van der Waals surface area contributed by atoms with Crippen LogP contribution in [0, 0.1) is 0 Å². The molecule has 0 aliphatic carbocycles. The van der Waals surface area contributed by atoms with Crippen molar-refractivity contribution in [2.24, 2.45) is 0 Å².